The number of hydrazone groups is 1. The SMILES string of the molecule is CN(Cc1ccc(Nc2cccc(Nc3ccc(/C=N/N(c4ccccc4)c4ccccc4)cc3)c2)cc1)N(c1ccccc1)c1ccccc1. The van der Waals surface area contributed by atoms with E-state index in [1.54, 1.807) is 0 Å². The van der Waals surface area contributed by atoms with Gasteiger partial charge in [0.05, 0.1) is 29.0 Å². The van der Waals surface area contributed by atoms with E-state index >= 15 is 0 Å². The normalized spacial score (nSPS) is 11.0. The first-order valence-corrected chi connectivity index (χ1v) is 17.1. The molecule has 0 atom stereocenters. The molecule has 0 aromatic heterocycles. The number of nitrogens with zero attached hydrogens (tertiary/aromatic N) is 4. The summed E-state index contributed by atoms with van der Waals surface area (Å²) in [5.41, 5.74) is 10.5. The van der Waals surface area contributed by atoms with E-state index in [2.05, 4.69) is 173 Å². The monoisotopic (exact) mass is 664 g/mol. The Hall–Kier alpha value is -6.63. The Morgan fingerprint density at radius 3 is 1.35 bits per heavy atom. The van der Waals surface area contributed by atoms with Crippen molar-refractivity contribution in [3.8, 4) is 0 Å². The van der Waals surface area contributed by atoms with E-state index in [0.717, 1.165) is 57.6 Å². The molecule has 6 heteroatoms. The van der Waals surface area contributed by atoms with Crippen LogP contribution in [0.25, 0.3) is 0 Å². The fourth-order valence-corrected chi connectivity index (χ4v) is 5.92. The molecule has 0 spiro atoms. The minimum absolute atomic E-state index is 0.756. The second kappa shape index (κ2) is 16.2. The second-order valence-electron chi connectivity index (χ2n) is 12.2. The quantitative estimate of drug-likeness (QED) is 0.0949. The van der Waals surface area contributed by atoms with Crippen molar-refractivity contribution in [1.82, 2.24) is 5.01 Å². The Bertz CT molecular complexity index is 2040. The van der Waals surface area contributed by atoms with E-state index in [1.807, 2.05) is 59.8 Å². The number of hydrogen-bond acceptors (Lipinski definition) is 6. The summed E-state index contributed by atoms with van der Waals surface area (Å²) >= 11 is 0. The summed E-state index contributed by atoms with van der Waals surface area (Å²) in [5.74, 6) is 0. The van der Waals surface area contributed by atoms with Gasteiger partial charge in [-0.05, 0) is 102 Å². The third-order valence-corrected chi connectivity index (χ3v) is 8.38. The van der Waals surface area contributed by atoms with Crippen molar-refractivity contribution >= 4 is 51.7 Å². The molecule has 0 aliphatic carbocycles. The van der Waals surface area contributed by atoms with Crippen molar-refractivity contribution in [2.24, 2.45) is 5.10 Å². The summed E-state index contributed by atoms with van der Waals surface area (Å²) in [6, 6.07) is 66.5. The van der Waals surface area contributed by atoms with Crippen LogP contribution in [-0.4, -0.2) is 18.3 Å². The van der Waals surface area contributed by atoms with Crippen molar-refractivity contribution in [2.75, 3.05) is 27.7 Å². The molecule has 0 aliphatic heterocycles. The van der Waals surface area contributed by atoms with Crippen molar-refractivity contribution < 1.29 is 0 Å². The van der Waals surface area contributed by atoms with E-state index in [-0.39, 0.29) is 0 Å². The molecule has 0 radical (unpaired) electrons. The first kappa shape index (κ1) is 32.9. The average molecular weight is 665 g/mol. The van der Waals surface area contributed by atoms with E-state index < -0.39 is 0 Å². The van der Waals surface area contributed by atoms with Gasteiger partial charge in [-0.1, -0.05) is 103 Å². The zero-order valence-electron chi connectivity index (χ0n) is 28.5. The maximum atomic E-state index is 4.83. The number of rotatable bonds is 13. The molecule has 0 fully saturated rings. The summed E-state index contributed by atoms with van der Waals surface area (Å²) in [5, 5.41) is 18.4. The third-order valence-electron chi connectivity index (χ3n) is 8.38. The second-order valence-corrected chi connectivity index (χ2v) is 12.2. The molecule has 7 aromatic carbocycles. The lowest BCUT2D eigenvalue weighted by Crippen LogP contribution is -2.35. The largest absolute Gasteiger partial charge is 0.355 e. The molecule has 0 unspecified atom stereocenters. The minimum atomic E-state index is 0.756. The zero-order valence-corrected chi connectivity index (χ0v) is 28.5. The molecular weight excluding hydrogens is 625 g/mol. The van der Waals surface area contributed by atoms with E-state index in [0.29, 0.717) is 0 Å². The fourth-order valence-electron chi connectivity index (χ4n) is 5.92. The van der Waals surface area contributed by atoms with Crippen LogP contribution in [0.5, 0.6) is 0 Å². The molecular formula is C45H40N6. The Morgan fingerprint density at radius 1 is 0.451 bits per heavy atom. The number of hydrogen-bond donors (Lipinski definition) is 2. The maximum Gasteiger partial charge on any atom is 0.0652 e. The van der Waals surface area contributed by atoms with Gasteiger partial charge in [0.1, 0.15) is 0 Å². The van der Waals surface area contributed by atoms with E-state index in [4.69, 9.17) is 5.10 Å². The molecule has 51 heavy (non-hydrogen) atoms. The first-order chi connectivity index (χ1) is 25.2. The van der Waals surface area contributed by atoms with Crippen LogP contribution < -0.4 is 20.7 Å². The smallest absolute Gasteiger partial charge is 0.0652 e. The minimum Gasteiger partial charge on any atom is -0.355 e. The van der Waals surface area contributed by atoms with Gasteiger partial charge in [0, 0.05) is 36.3 Å². The highest BCUT2D eigenvalue weighted by Crippen LogP contribution is 2.29. The predicted octanol–water partition coefficient (Wildman–Crippen LogP) is 11.5. The molecule has 250 valence electrons. The van der Waals surface area contributed by atoms with Gasteiger partial charge in [-0.25, -0.2) is 10.0 Å². The van der Waals surface area contributed by atoms with Crippen molar-refractivity contribution in [3.63, 3.8) is 0 Å². The van der Waals surface area contributed by atoms with Crippen LogP contribution in [0.4, 0.5) is 45.5 Å². The van der Waals surface area contributed by atoms with E-state index in [9.17, 15) is 0 Å². The van der Waals surface area contributed by atoms with Crippen molar-refractivity contribution in [2.45, 2.75) is 6.54 Å². The maximum absolute atomic E-state index is 4.83. The molecule has 7 aromatic rings. The van der Waals surface area contributed by atoms with Gasteiger partial charge in [-0.3, -0.25) is 5.01 Å². The van der Waals surface area contributed by atoms with Gasteiger partial charge < -0.3 is 10.6 Å². The highest BCUT2D eigenvalue weighted by molar-refractivity contribution is 5.83. The summed E-state index contributed by atoms with van der Waals surface area (Å²) in [4.78, 5) is 0. The molecule has 0 amide bonds. The van der Waals surface area contributed by atoms with Gasteiger partial charge >= 0.3 is 0 Å². The Balaban J connectivity index is 0.975. The molecule has 6 nitrogen and oxygen atoms in total. The summed E-state index contributed by atoms with van der Waals surface area (Å²) in [7, 11) is 2.12. The van der Waals surface area contributed by atoms with Crippen LogP contribution in [0.1, 0.15) is 11.1 Å². The number of anilines is 8. The lowest BCUT2D eigenvalue weighted by atomic mass is 10.2. The first-order valence-electron chi connectivity index (χ1n) is 17.1. The lowest BCUT2D eigenvalue weighted by molar-refractivity contribution is 0.333. The Kier molecular flexibility index (Phi) is 10.4. The number of para-hydroxylation sites is 4. The predicted molar refractivity (Wildman–Crippen MR) is 215 cm³/mol. The number of nitrogens with one attached hydrogen (secondary N) is 2. The molecule has 0 saturated carbocycles. The van der Waals surface area contributed by atoms with Gasteiger partial charge in [-0.2, -0.15) is 5.10 Å². The van der Waals surface area contributed by atoms with Gasteiger partial charge in [0.25, 0.3) is 0 Å². The highest BCUT2D eigenvalue weighted by Gasteiger charge is 2.15. The summed E-state index contributed by atoms with van der Waals surface area (Å²) < 4.78 is 0. The van der Waals surface area contributed by atoms with Gasteiger partial charge in [-0.15, -0.1) is 0 Å². The molecule has 0 saturated heterocycles. The Morgan fingerprint density at radius 2 is 0.882 bits per heavy atom. The van der Waals surface area contributed by atoms with Crippen LogP contribution in [0.2, 0.25) is 0 Å². The summed E-state index contributed by atoms with van der Waals surface area (Å²) in [6.07, 6.45) is 1.89. The van der Waals surface area contributed by atoms with Crippen molar-refractivity contribution in [3.05, 3.63) is 205 Å². The van der Waals surface area contributed by atoms with Crippen LogP contribution in [0.15, 0.2) is 199 Å². The fraction of sp³-hybridized carbons (Fsp3) is 0.0444. The molecule has 0 bridgehead atoms. The molecule has 7 rings (SSSR count). The van der Waals surface area contributed by atoms with E-state index in [1.165, 1.54) is 5.56 Å². The average Bonchev–Trinajstić information content (AvgIpc) is 3.18. The molecule has 2 N–H and O–H groups in total. The van der Waals surface area contributed by atoms with Crippen LogP contribution in [0.3, 0.4) is 0 Å². The summed E-state index contributed by atoms with van der Waals surface area (Å²) in [6.45, 7) is 0.756. The molecule has 0 aliphatic rings. The number of benzene rings is 7. The number of hydrazine groups is 1. The van der Waals surface area contributed by atoms with Gasteiger partial charge in [0.15, 0.2) is 0 Å². The van der Waals surface area contributed by atoms with Crippen molar-refractivity contribution in [1.29, 1.82) is 0 Å². The van der Waals surface area contributed by atoms with Crippen LogP contribution in [0, 0.1) is 0 Å². The van der Waals surface area contributed by atoms with Gasteiger partial charge in [0.2, 0.25) is 0 Å². The topological polar surface area (TPSA) is 46.1 Å². The van der Waals surface area contributed by atoms with Crippen LogP contribution >= 0.6 is 0 Å². The highest BCUT2D eigenvalue weighted by atomic mass is 15.6. The lowest BCUT2D eigenvalue weighted by Gasteiger charge is -2.34. The van der Waals surface area contributed by atoms with Crippen LogP contribution in [-0.2, 0) is 6.54 Å². The zero-order chi connectivity index (χ0) is 34.7. The standard InChI is InChI=1S/C45H40N6/c1-49(51(44-21-10-4-11-22-44)45-23-12-5-13-24-45)35-37-27-31-39(32-28-37)48-41-16-14-15-40(33-41)47-38-29-25-36(26-30-38)34-46-50(42-17-6-2-7-18-42)43-19-8-3-9-20-43/h2-34,47-48H,35H2,1H3/b46-34+. The molecule has 0 heterocycles. The third kappa shape index (κ3) is 8.70. The Labute approximate surface area is 300 Å².